The molecule has 2 fully saturated rings. The third-order valence-corrected chi connectivity index (χ3v) is 6.12. The van der Waals surface area contributed by atoms with Crippen molar-refractivity contribution in [3.05, 3.63) is 29.3 Å². The van der Waals surface area contributed by atoms with Crippen LogP contribution in [0.25, 0.3) is 10.2 Å². The maximum Gasteiger partial charge on any atom is 0.253 e. The number of fused-ring (bicyclic) bond motifs is 1. The molecule has 5 heteroatoms. The number of aliphatic hydroxyl groups excluding tert-OH is 1. The molecule has 2 heterocycles. The van der Waals surface area contributed by atoms with Crippen LogP contribution in [0.2, 0.25) is 0 Å². The highest BCUT2D eigenvalue weighted by atomic mass is 32.1. The lowest BCUT2D eigenvalue weighted by Crippen LogP contribution is -2.49. The van der Waals surface area contributed by atoms with E-state index in [9.17, 15) is 9.90 Å². The highest BCUT2D eigenvalue weighted by Gasteiger charge is 2.45. The number of aliphatic hydroxyl groups is 1. The van der Waals surface area contributed by atoms with Crippen LogP contribution >= 0.6 is 11.3 Å². The molecule has 116 valence electrons. The fourth-order valence-electron chi connectivity index (χ4n) is 4.10. The van der Waals surface area contributed by atoms with Crippen molar-refractivity contribution in [2.45, 2.75) is 38.2 Å². The first-order chi connectivity index (χ1) is 10.7. The van der Waals surface area contributed by atoms with Crippen molar-refractivity contribution in [1.29, 1.82) is 0 Å². The average Bonchev–Trinajstić information content (AvgIpc) is 3.14. The van der Waals surface area contributed by atoms with Gasteiger partial charge in [-0.3, -0.25) is 4.79 Å². The second kappa shape index (κ2) is 5.32. The zero-order chi connectivity index (χ0) is 15.2. The number of thiazole rings is 1. The van der Waals surface area contributed by atoms with Crippen LogP contribution in [-0.2, 0) is 0 Å². The van der Waals surface area contributed by atoms with Crippen molar-refractivity contribution in [2.75, 3.05) is 13.1 Å². The smallest absolute Gasteiger partial charge is 0.253 e. The number of hydrogen-bond acceptors (Lipinski definition) is 4. The van der Waals surface area contributed by atoms with Crippen LogP contribution < -0.4 is 0 Å². The van der Waals surface area contributed by atoms with Crippen LogP contribution in [0.15, 0.2) is 23.7 Å². The monoisotopic (exact) mass is 316 g/mol. The lowest BCUT2D eigenvalue weighted by molar-refractivity contribution is -0.00535. The summed E-state index contributed by atoms with van der Waals surface area (Å²) in [6, 6.07) is 5.74. The Morgan fingerprint density at radius 1 is 1.36 bits per heavy atom. The predicted octanol–water partition coefficient (Wildman–Crippen LogP) is 3.06. The van der Waals surface area contributed by atoms with Crippen LogP contribution in [0, 0.1) is 5.41 Å². The molecule has 0 radical (unpaired) electrons. The van der Waals surface area contributed by atoms with E-state index in [-0.39, 0.29) is 17.4 Å². The topological polar surface area (TPSA) is 53.4 Å². The molecule has 1 aromatic carbocycles. The second-order valence-electron chi connectivity index (χ2n) is 6.64. The number of carbonyl (C=O) groups excluding carboxylic acids is 1. The fourth-order valence-corrected chi connectivity index (χ4v) is 4.82. The Morgan fingerprint density at radius 3 is 3.05 bits per heavy atom. The van der Waals surface area contributed by atoms with Crippen molar-refractivity contribution in [2.24, 2.45) is 5.41 Å². The van der Waals surface area contributed by atoms with Gasteiger partial charge in [-0.05, 0) is 43.9 Å². The fraction of sp³-hybridized carbons (Fsp3) is 0.529. The van der Waals surface area contributed by atoms with E-state index in [0.717, 1.165) is 54.4 Å². The van der Waals surface area contributed by atoms with Crippen molar-refractivity contribution < 1.29 is 9.90 Å². The van der Waals surface area contributed by atoms with Crippen LogP contribution in [0.3, 0.4) is 0 Å². The minimum atomic E-state index is -0.243. The van der Waals surface area contributed by atoms with E-state index in [2.05, 4.69) is 4.98 Å². The van der Waals surface area contributed by atoms with Gasteiger partial charge in [0, 0.05) is 24.1 Å². The minimum absolute atomic E-state index is 0.0531. The molecule has 4 rings (SSSR count). The number of piperidine rings is 1. The van der Waals surface area contributed by atoms with Gasteiger partial charge >= 0.3 is 0 Å². The van der Waals surface area contributed by atoms with E-state index in [1.165, 1.54) is 0 Å². The summed E-state index contributed by atoms with van der Waals surface area (Å²) < 4.78 is 1.05. The summed E-state index contributed by atoms with van der Waals surface area (Å²) in [5.74, 6) is 0.0912. The van der Waals surface area contributed by atoms with Gasteiger partial charge in [-0.15, -0.1) is 11.3 Å². The molecule has 0 unspecified atom stereocenters. The average molecular weight is 316 g/mol. The summed E-state index contributed by atoms with van der Waals surface area (Å²) in [6.07, 6.45) is 4.81. The van der Waals surface area contributed by atoms with E-state index in [1.54, 1.807) is 11.3 Å². The highest BCUT2D eigenvalue weighted by Crippen LogP contribution is 2.45. The maximum atomic E-state index is 12.8. The van der Waals surface area contributed by atoms with Gasteiger partial charge in [0.1, 0.15) is 0 Å². The number of amides is 1. The van der Waals surface area contributed by atoms with Crippen LogP contribution in [0.1, 0.15) is 42.5 Å². The normalized spacial score (nSPS) is 28.6. The number of rotatable bonds is 1. The SMILES string of the molecule is O=C(c1ccc2ncsc2c1)N1CCC[C@]2(CCC[C@H]2O)C1. The van der Waals surface area contributed by atoms with E-state index >= 15 is 0 Å². The standard InChI is InChI=1S/C17H20N2O2S/c20-15-3-1-6-17(15)7-2-8-19(10-17)16(21)12-4-5-13-14(9-12)22-11-18-13/h4-5,9,11,15,20H,1-3,6-8,10H2/t15-,17-/m1/s1. The van der Waals surface area contributed by atoms with E-state index in [1.807, 2.05) is 28.6 Å². The van der Waals surface area contributed by atoms with Gasteiger partial charge in [0.25, 0.3) is 5.91 Å². The summed E-state index contributed by atoms with van der Waals surface area (Å²) >= 11 is 1.56. The lowest BCUT2D eigenvalue weighted by Gasteiger charge is -2.42. The molecular formula is C17H20N2O2S. The van der Waals surface area contributed by atoms with Crippen molar-refractivity contribution in [3.63, 3.8) is 0 Å². The molecule has 1 aliphatic heterocycles. The Labute approximate surface area is 133 Å². The highest BCUT2D eigenvalue weighted by molar-refractivity contribution is 7.16. The number of benzene rings is 1. The predicted molar refractivity (Wildman–Crippen MR) is 87.0 cm³/mol. The first-order valence-electron chi connectivity index (χ1n) is 7.99. The Kier molecular flexibility index (Phi) is 3.42. The Hall–Kier alpha value is -1.46. The molecule has 1 spiro atoms. The van der Waals surface area contributed by atoms with E-state index in [0.29, 0.717) is 6.54 Å². The van der Waals surface area contributed by atoms with E-state index in [4.69, 9.17) is 0 Å². The summed E-state index contributed by atoms with van der Waals surface area (Å²) in [4.78, 5) is 19.0. The van der Waals surface area contributed by atoms with Crippen molar-refractivity contribution in [3.8, 4) is 0 Å². The lowest BCUT2D eigenvalue weighted by atomic mass is 9.76. The zero-order valence-electron chi connectivity index (χ0n) is 12.5. The van der Waals surface area contributed by atoms with Crippen LogP contribution in [-0.4, -0.2) is 40.1 Å². The zero-order valence-corrected chi connectivity index (χ0v) is 13.3. The van der Waals surface area contributed by atoms with Gasteiger partial charge in [-0.2, -0.15) is 0 Å². The Morgan fingerprint density at radius 2 is 2.23 bits per heavy atom. The third-order valence-electron chi connectivity index (χ3n) is 5.33. The number of aromatic nitrogens is 1. The molecule has 1 saturated heterocycles. The molecule has 2 aromatic rings. The first kappa shape index (κ1) is 14.2. The molecule has 1 aliphatic carbocycles. The van der Waals surface area contributed by atoms with Gasteiger partial charge in [-0.25, -0.2) is 4.98 Å². The first-order valence-corrected chi connectivity index (χ1v) is 8.87. The Balaban J connectivity index is 1.59. The van der Waals surface area contributed by atoms with Crippen LogP contribution in [0.5, 0.6) is 0 Å². The van der Waals surface area contributed by atoms with Gasteiger partial charge in [0.2, 0.25) is 0 Å². The van der Waals surface area contributed by atoms with Gasteiger partial charge in [0.05, 0.1) is 21.8 Å². The number of nitrogens with zero attached hydrogens (tertiary/aromatic N) is 2. The largest absolute Gasteiger partial charge is 0.392 e. The molecule has 4 nitrogen and oxygen atoms in total. The van der Waals surface area contributed by atoms with Crippen molar-refractivity contribution in [1.82, 2.24) is 9.88 Å². The quantitative estimate of drug-likeness (QED) is 0.880. The third kappa shape index (κ3) is 2.23. The molecule has 1 saturated carbocycles. The number of hydrogen-bond donors (Lipinski definition) is 1. The van der Waals surface area contributed by atoms with Gasteiger partial charge in [-0.1, -0.05) is 6.42 Å². The summed E-state index contributed by atoms with van der Waals surface area (Å²) in [7, 11) is 0. The molecule has 2 atom stereocenters. The number of likely N-dealkylation sites (tertiary alicyclic amines) is 1. The minimum Gasteiger partial charge on any atom is -0.392 e. The molecule has 2 aliphatic rings. The van der Waals surface area contributed by atoms with Crippen molar-refractivity contribution >= 4 is 27.5 Å². The van der Waals surface area contributed by atoms with Gasteiger partial charge < -0.3 is 10.0 Å². The summed E-state index contributed by atoms with van der Waals surface area (Å²) in [5.41, 5.74) is 3.44. The maximum absolute atomic E-state index is 12.8. The Bertz CT molecular complexity index is 714. The molecule has 22 heavy (non-hydrogen) atoms. The second-order valence-corrected chi connectivity index (χ2v) is 7.52. The summed E-state index contributed by atoms with van der Waals surface area (Å²) in [6.45, 7) is 1.50. The molecule has 1 aromatic heterocycles. The number of carbonyl (C=O) groups is 1. The summed E-state index contributed by atoms with van der Waals surface area (Å²) in [5, 5.41) is 10.3. The van der Waals surface area contributed by atoms with E-state index < -0.39 is 0 Å². The molecule has 0 bridgehead atoms. The molecule has 1 N–H and O–H groups in total. The molecular weight excluding hydrogens is 296 g/mol. The van der Waals surface area contributed by atoms with Crippen LogP contribution in [0.4, 0.5) is 0 Å². The van der Waals surface area contributed by atoms with Gasteiger partial charge in [0.15, 0.2) is 0 Å². The molecule has 1 amide bonds.